The first kappa shape index (κ1) is 16.0. The van der Waals surface area contributed by atoms with Gasteiger partial charge in [-0.2, -0.15) is 0 Å². The zero-order valence-corrected chi connectivity index (χ0v) is 14.5. The van der Waals surface area contributed by atoms with Crippen LogP contribution in [0, 0.1) is 0 Å². The average molecular weight is 333 g/mol. The van der Waals surface area contributed by atoms with E-state index < -0.39 is 0 Å². The van der Waals surface area contributed by atoms with Crippen LogP contribution < -0.4 is 4.90 Å². The third-order valence-electron chi connectivity index (χ3n) is 4.95. The zero-order valence-electron chi connectivity index (χ0n) is 14.5. The number of piperazine rings is 1. The summed E-state index contributed by atoms with van der Waals surface area (Å²) in [4.78, 5) is 18.3. The van der Waals surface area contributed by atoms with Gasteiger partial charge in [-0.1, -0.05) is 37.3 Å². The summed E-state index contributed by atoms with van der Waals surface area (Å²) >= 11 is 0. The first-order valence-electron chi connectivity index (χ1n) is 8.94. The third-order valence-corrected chi connectivity index (χ3v) is 4.95. The highest BCUT2D eigenvalue weighted by atomic mass is 15.3. The standard InChI is InChI=1S/C20H23N5/c1-2-17-15-25(13-12-24(17)14-16-6-4-3-5-7-16)19-9-8-18-20(23-19)22-11-10-21-18/h3-11,17H,2,12-15H2,1H3. The van der Waals surface area contributed by atoms with Gasteiger partial charge in [0.1, 0.15) is 11.3 Å². The van der Waals surface area contributed by atoms with Gasteiger partial charge < -0.3 is 4.90 Å². The zero-order chi connectivity index (χ0) is 17.1. The van der Waals surface area contributed by atoms with E-state index in [1.165, 1.54) is 5.56 Å². The molecule has 0 aliphatic carbocycles. The van der Waals surface area contributed by atoms with E-state index in [1.54, 1.807) is 12.4 Å². The Kier molecular flexibility index (Phi) is 4.57. The molecule has 5 heteroatoms. The van der Waals surface area contributed by atoms with Crippen molar-refractivity contribution in [1.29, 1.82) is 0 Å². The highest BCUT2D eigenvalue weighted by Gasteiger charge is 2.26. The molecule has 25 heavy (non-hydrogen) atoms. The first-order valence-corrected chi connectivity index (χ1v) is 8.94. The molecule has 1 fully saturated rings. The molecule has 4 rings (SSSR count). The topological polar surface area (TPSA) is 45.2 Å². The maximum atomic E-state index is 4.71. The van der Waals surface area contributed by atoms with Gasteiger partial charge in [0.15, 0.2) is 5.65 Å². The van der Waals surface area contributed by atoms with Crippen LogP contribution in [0.5, 0.6) is 0 Å². The van der Waals surface area contributed by atoms with Crippen molar-refractivity contribution in [1.82, 2.24) is 19.9 Å². The molecular weight excluding hydrogens is 310 g/mol. The van der Waals surface area contributed by atoms with Gasteiger partial charge in [-0.15, -0.1) is 0 Å². The minimum atomic E-state index is 0.535. The highest BCUT2D eigenvalue weighted by molar-refractivity contribution is 5.71. The molecule has 1 aromatic carbocycles. The van der Waals surface area contributed by atoms with Gasteiger partial charge in [0.05, 0.1) is 0 Å². The lowest BCUT2D eigenvalue weighted by molar-refractivity contribution is 0.163. The molecule has 1 atom stereocenters. The van der Waals surface area contributed by atoms with E-state index in [4.69, 9.17) is 4.98 Å². The normalized spacial score (nSPS) is 18.6. The van der Waals surface area contributed by atoms with Crippen LogP contribution in [0.15, 0.2) is 54.9 Å². The Bertz CT molecular complexity index is 836. The number of pyridine rings is 1. The van der Waals surface area contributed by atoms with Crippen LogP contribution in [0.1, 0.15) is 18.9 Å². The van der Waals surface area contributed by atoms with Crippen LogP contribution in [0.2, 0.25) is 0 Å². The number of aromatic nitrogens is 3. The monoisotopic (exact) mass is 333 g/mol. The largest absolute Gasteiger partial charge is 0.354 e. The summed E-state index contributed by atoms with van der Waals surface area (Å²) in [6, 6.07) is 15.4. The minimum absolute atomic E-state index is 0.535. The SMILES string of the molecule is CCC1CN(c2ccc3nccnc3n2)CCN1Cc1ccccc1. The first-order chi connectivity index (χ1) is 12.3. The molecule has 1 saturated heterocycles. The van der Waals surface area contributed by atoms with E-state index >= 15 is 0 Å². The number of rotatable bonds is 4. The molecule has 2 aromatic heterocycles. The summed E-state index contributed by atoms with van der Waals surface area (Å²) in [7, 11) is 0. The number of fused-ring (bicyclic) bond motifs is 1. The minimum Gasteiger partial charge on any atom is -0.354 e. The second kappa shape index (κ2) is 7.15. The van der Waals surface area contributed by atoms with E-state index in [1.807, 2.05) is 6.07 Å². The fourth-order valence-electron chi connectivity index (χ4n) is 3.53. The van der Waals surface area contributed by atoms with E-state index in [0.717, 1.165) is 49.6 Å². The molecule has 0 N–H and O–H groups in total. The van der Waals surface area contributed by atoms with Crippen molar-refractivity contribution in [3.05, 3.63) is 60.4 Å². The van der Waals surface area contributed by atoms with Crippen molar-refractivity contribution in [3.63, 3.8) is 0 Å². The molecule has 0 bridgehead atoms. The number of nitrogens with zero attached hydrogens (tertiary/aromatic N) is 5. The van der Waals surface area contributed by atoms with E-state index in [2.05, 4.69) is 63.1 Å². The van der Waals surface area contributed by atoms with Gasteiger partial charge in [0.2, 0.25) is 0 Å². The lowest BCUT2D eigenvalue weighted by atomic mass is 10.1. The molecule has 0 saturated carbocycles. The molecule has 1 aliphatic heterocycles. The third kappa shape index (κ3) is 3.46. The van der Waals surface area contributed by atoms with Crippen LogP contribution in [0.4, 0.5) is 5.82 Å². The summed E-state index contributed by atoms with van der Waals surface area (Å²) in [5.41, 5.74) is 2.95. The number of hydrogen-bond acceptors (Lipinski definition) is 5. The van der Waals surface area contributed by atoms with Crippen LogP contribution in [-0.2, 0) is 6.54 Å². The maximum absolute atomic E-state index is 4.71. The predicted octanol–water partition coefficient (Wildman–Crippen LogP) is 3.13. The van der Waals surface area contributed by atoms with Crippen molar-refractivity contribution >= 4 is 17.0 Å². The molecule has 0 radical (unpaired) electrons. The summed E-state index contributed by atoms with van der Waals surface area (Å²) in [5.74, 6) is 1.01. The van der Waals surface area contributed by atoms with Crippen LogP contribution in [0.25, 0.3) is 11.2 Å². The molecule has 128 valence electrons. The fraction of sp³-hybridized carbons (Fsp3) is 0.350. The molecule has 1 unspecified atom stereocenters. The van der Waals surface area contributed by atoms with Crippen LogP contribution in [-0.4, -0.2) is 45.5 Å². The van der Waals surface area contributed by atoms with Crippen molar-refractivity contribution in [2.45, 2.75) is 25.9 Å². The van der Waals surface area contributed by atoms with Gasteiger partial charge >= 0.3 is 0 Å². The Morgan fingerprint density at radius 3 is 2.68 bits per heavy atom. The van der Waals surface area contributed by atoms with Gasteiger partial charge in [-0.3, -0.25) is 9.88 Å². The van der Waals surface area contributed by atoms with Gasteiger partial charge in [0, 0.05) is 44.6 Å². The Morgan fingerprint density at radius 1 is 1.00 bits per heavy atom. The average Bonchev–Trinajstić information content (AvgIpc) is 2.69. The Labute approximate surface area is 148 Å². The Balaban J connectivity index is 1.50. The smallest absolute Gasteiger partial charge is 0.180 e. The number of anilines is 1. The summed E-state index contributed by atoms with van der Waals surface area (Å²) in [6.45, 7) is 6.33. The van der Waals surface area contributed by atoms with Crippen molar-refractivity contribution in [3.8, 4) is 0 Å². The quantitative estimate of drug-likeness (QED) is 0.734. The van der Waals surface area contributed by atoms with Crippen molar-refractivity contribution in [2.75, 3.05) is 24.5 Å². The lowest BCUT2D eigenvalue weighted by Crippen LogP contribution is -2.52. The molecule has 0 amide bonds. The fourth-order valence-corrected chi connectivity index (χ4v) is 3.53. The second-order valence-corrected chi connectivity index (χ2v) is 6.53. The maximum Gasteiger partial charge on any atom is 0.180 e. The van der Waals surface area contributed by atoms with E-state index in [9.17, 15) is 0 Å². The summed E-state index contributed by atoms with van der Waals surface area (Å²) < 4.78 is 0. The van der Waals surface area contributed by atoms with Gasteiger partial charge in [-0.25, -0.2) is 9.97 Å². The van der Waals surface area contributed by atoms with Crippen molar-refractivity contribution < 1.29 is 0 Å². The molecular formula is C20H23N5. The summed E-state index contributed by atoms with van der Waals surface area (Å²) in [5, 5.41) is 0. The van der Waals surface area contributed by atoms with Gasteiger partial charge in [0.25, 0.3) is 0 Å². The number of hydrogen-bond donors (Lipinski definition) is 0. The van der Waals surface area contributed by atoms with Crippen LogP contribution in [0.3, 0.4) is 0 Å². The molecule has 0 spiro atoms. The van der Waals surface area contributed by atoms with Gasteiger partial charge in [-0.05, 0) is 24.1 Å². The van der Waals surface area contributed by atoms with Crippen LogP contribution >= 0.6 is 0 Å². The van der Waals surface area contributed by atoms with Crippen molar-refractivity contribution in [2.24, 2.45) is 0 Å². The Morgan fingerprint density at radius 2 is 1.84 bits per heavy atom. The molecule has 1 aliphatic rings. The number of benzene rings is 1. The van der Waals surface area contributed by atoms with E-state index in [-0.39, 0.29) is 0 Å². The van der Waals surface area contributed by atoms with E-state index in [0.29, 0.717) is 6.04 Å². The second-order valence-electron chi connectivity index (χ2n) is 6.53. The molecule has 5 nitrogen and oxygen atoms in total. The highest BCUT2D eigenvalue weighted by Crippen LogP contribution is 2.22. The lowest BCUT2D eigenvalue weighted by Gasteiger charge is -2.41. The predicted molar refractivity (Wildman–Crippen MR) is 100 cm³/mol. The summed E-state index contributed by atoms with van der Waals surface area (Å²) in [6.07, 6.45) is 4.54. The molecule has 3 aromatic rings. The molecule has 3 heterocycles. The Hall–Kier alpha value is -2.53.